The Morgan fingerprint density at radius 1 is 1.25 bits per heavy atom. The van der Waals surface area contributed by atoms with E-state index in [0.717, 1.165) is 28.4 Å². The fraction of sp³-hybridized carbons (Fsp3) is 0.333. The summed E-state index contributed by atoms with van der Waals surface area (Å²) in [6.45, 7) is 3.51. The molecule has 1 fully saturated rings. The van der Waals surface area contributed by atoms with Gasteiger partial charge in [0.05, 0.1) is 18.8 Å². The minimum Gasteiger partial charge on any atom is -0.496 e. The average Bonchev–Trinajstić information content (AvgIpc) is 2.73. The molecular formula is C21H25N3O3S. The molecule has 3 rings (SSSR count). The third kappa shape index (κ3) is 4.31. The van der Waals surface area contributed by atoms with E-state index in [9.17, 15) is 9.59 Å². The Morgan fingerprint density at radius 3 is 2.75 bits per heavy atom. The van der Waals surface area contributed by atoms with E-state index in [1.165, 1.54) is 18.7 Å². The summed E-state index contributed by atoms with van der Waals surface area (Å²) in [5, 5.41) is 6.18. The number of benzene rings is 2. The zero-order valence-electron chi connectivity index (χ0n) is 16.3. The molecule has 2 amide bonds. The second-order valence-electron chi connectivity index (χ2n) is 6.56. The highest BCUT2D eigenvalue weighted by molar-refractivity contribution is 7.98. The number of nitrogens with zero attached hydrogens (tertiary/aromatic N) is 1. The van der Waals surface area contributed by atoms with Crippen molar-refractivity contribution in [3.05, 3.63) is 53.6 Å². The van der Waals surface area contributed by atoms with Gasteiger partial charge in [-0.3, -0.25) is 9.59 Å². The Kier molecular flexibility index (Phi) is 6.59. The first-order chi connectivity index (χ1) is 13.5. The van der Waals surface area contributed by atoms with Crippen LogP contribution in [-0.4, -0.2) is 49.7 Å². The van der Waals surface area contributed by atoms with E-state index in [4.69, 9.17) is 4.74 Å². The van der Waals surface area contributed by atoms with Crippen LogP contribution in [0.3, 0.4) is 0 Å². The molecule has 1 atom stereocenters. The summed E-state index contributed by atoms with van der Waals surface area (Å²) in [6, 6.07) is 13.1. The fourth-order valence-electron chi connectivity index (χ4n) is 3.45. The molecule has 1 unspecified atom stereocenters. The SMILES string of the molecule is COc1ccccc1C1CNCCN1C(=O)c1ccc(NC(C)=O)c(SC)c1. The number of hydrogen-bond donors (Lipinski definition) is 2. The van der Waals surface area contributed by atoms with Crippen LogP contribution in [-0.2, 0) is 4.79 Å². The summed E-state index contributed by atoms with van der Waals surface area (Å²) in [4.78, 5) is 27.5. The molecule has 0 radical (unpaired) electrons. The van der Waals surface area contributed by atoms with Crippen molar-refractivity contribution in [2.75, 3.05) is 38.3 Å². The standard InChI is InChI=1S/C21H25N3O3S/c1-14(25)23-17-9-8-15(12-20(17)28-3)21(26)24-11-10-22-13-18(24)16-6-4-5-7-19(16)27-2/h4-9,12,18,22H,10-11,13H2,1-3H3,(H,23,25). The lowest BCUT2D eigenvalue weighted by atomic mass is 10.0. The Labute approximate surface area is 169 Å². The molecule has 0 aromatic heterocycles. The number of para-hydroxylation sites is 1. The molecule has 0 spiro atoms. The fourth-order valence-corrected chi connectivity index (χ4v) is 4.03. The van der Waals surface area contributed by atoms with Gasteiger partial charge in [-0.05, 0) is 30.5 Å². The van der Waals surface area contributed by atoms with Crippen molar-refractivity contribution in [2.24, 2.45) is 0 Å². The number of rotatable bonds is 5. The van der Waals surface area contributed by atoms with Crippen LogP contribution >= 0.6 is 11.8 Å². The molecule has 2 aromatic rings. The van der Waals surface area contributed by atoms with Crippen molar-refractivity contribution in [1.82, 2.24) is 10.2 Å². The van der Waals surface area contributed by atoms with Crippen molar-refractivity contribution in [3.63, 3.8) is 0 Å². The van der Waals surface area contributed by atoms with Crippen molar-refractivity contribution in [3.8, 4) is 5.75 Å². The van der Waals surface area contributed by atoms with Gasteiger partial charge in [0.25, 0.3) is 5.91 Å². The maximum Gasteiger partial charge on any atom is 0.254 e. The third-order valence-corrected chi connectivity index (χ3v) is 5.54. The van der Waals surface area contributed by atoms with E-state index in [-0.39, 0.29) is 17.9 Å². The highest BCUT2D eigenvalue weighted by atomic mass is 32.2. The first-order valence-corrected chi connectivity index (χ1v) is 10.4. The predicted octanol–water partition coefficient (Wildman–Crippen LogP) is 3.16. The van der Waals surface area contributed by atoms with Gasteiger partial charge in [0, 0.05) is 42.6 Å². The molecule has 0 aliphatic carbocycles. The monoisotopic (exact) mass is 399 g/mol. The van der Waals surface area contributed by atoms with Gasteiger partial charge in [-0.1, -0.05) is 18.2 Å². The molecule has 0 saturated carbocycles. The van der Waals surface area contributed by atoms with Crippen LogP contribution in [0.25, 0.3) is 0 Å². The van der Waals surface area contributed by atoms with E-state index < -0.39 is 0 Å². The second kappa shape index (κ2) is 9.12. The molecule has 1 aliphatic heterocycles. The van der Waals surface area contributed by atoms with Crippen LogP contribution in [0.5, 0.6) is 5.75 Å². The van der Waals surface area contributed by atoms with Gasteiger partial charge in [0.15, 0.2) is 0 Å². The molecule has 2 aromatic carbocycles. The van der Waals surface area contributed by atoms with Gasteiger partial charge in [-0.15, -0.1) is 11.8 Å². The molecule has 1 aliphatic rings. The lowest BCUT2D eigenvalue weighted by molar-refractivity contribution is -0.114. The number of nitrogens with one attached hydrogen (secondary N) is 2. The van der Waals surface area contributed by atoms with E-state index in [1.54, 1.807) is 19.2 Å². The maximum atomic E-state index is 13.3. The molecule has 1 heterocycles. The van der Waals surface area contributed by atoms with Gasteiger partial charge in [0.2, 0.25) is 5.91 Å². The van der Waals surface area contributed by atoms with Crippen LogP contribution in [0.4, 0.5) is 5.69 Å². The molecule has 0 bridgehead atoms. The minimum atomic E-state index is -0.132. The maximum absolute atomic E-state index is 13.3. The largest absolute Gasteiger partial charge is 0.496 e. The number of anilines is 1. The van der Waals surface area contributed by atoms with Crippen LogP contribution in [0.1, 0.15) is 28.9 Å². The molecule has 7 heteroatoms. The molecule has 6 nitrogen and oxygen atoms in total. The number of carbonyl (C=O) groups excluding carboxylic acids is 2. The number of amides is 2. The first kappa shape index (κ1) is 20.2. The van der Waals surface area contributed by atoms with E-state index in [0.29, 0.717) is 18.7 Å². The highest BCUT2D eigenvalue weighted by Gasteiger charge is 2.30. The number of piperazine rings is 1. The summed E-state index contributed by atoms with van der Waals surface area (Å²) in [5.41, 5.74) is 2.32. The molecule has 28 heavy (non-hydrogen) atoms. The number of thioether (sulfide) groups is 1. The van der Waals surface area contributed by atoms with Crippen molar-refractivity contribution < 1.29 is 14.3 Å². The molecule has 2 N–H and O–H groups in total. The van der Waals surface area contributed by atoms with Crippen LogP contribution in [0.15, 0.2) is 47.4 Å². The number of methoxy groups -OCH3 is 1. The van der Waals surface area contributed by atoms with Crippen LogP contribution in [0, 0.1) is 0 Å². The lowest BCUT2D eigenvalue weighted by Gasteiger charge is -2.37. The first-order valence-electron chi connectivity index (χ1n) is 9.15. The van der Waals surface area contributed by atoms with Crippen LogP contribution < -0.4 is 15.4 Å². The second-order valence-corrected chi connectivity index (χ2v) is 7.40. The topological polar surface area (TPSA) is 70.7 Å². The normalized spacial score (nSPS) is 16.5. The van der Waals surface area contributed by atoms with Crippen molar-refractivity contribution >= 4 is 29.3 Å². The summed E-state index contributed by atoms with van der Waals surface area (Å²) in [5.74, 6) is 0.620. The van der Waals surface area contributed by atoms with Gasteiger partial charge in [0.1, 0.15) is 5.75 Å². The summed E-state index contributed by atoms with van der Waals surface area (Å²) < 4.78 is 5.51. The highest BCUT2D eigenvalue weighted by Crippen LogP contribution is 2.32. The number of carbonyl (C=O) groups is 2. The average molecular weight is 400 g/mol. The molecular weight excluding hydrogens is 374 g/mol. The quantitative estimate of drug-likeness (QED) is 0.756. The zero-order valence-corrected chi connectivity index (χ0v) is 17.1. The van der Waals surface area contributed by atoms with Crippen LogP contribution in [0.2, 0.25) is 0 Å². The Hall–Kier alpha value is -2.51. The van der Waals surface area contributed by atoms with E-state index in [1.807, 2.05) is 41.5 Å². The van der Waals surface area contributed by atoms with Crippen molar-refractivity contribution in [2.45, 2.75) is 17.9 Å². The molecule has 148 valence electrons. The number of ether oxygens (including phenoxy) is 1. The van der Waals surface area contributed by atoms with E-state index in [2.05, 4.69) is 10.6 Å². The smallest absolute Gasteiger partial charge is 0.254 e. The molecule has 1 saturated heterocycles. The van der Waals surface area contributed by atoms with Gasteiger partial charge in [-0.2, -0.15) is 0 Å². The predicted molar refractivity (Wildman–Crippen MR) is 112 cm³/mol. The van der Waals surface area contributed by atoms with E-state index >= 15 is 0 Å². The summed E-state index contributed by atoms with van der Waals surface area (Å²) in [6.07, 6.45) is 1.93. The minimum absolute atomic E-state index is 0.0259. The summed E-state index contributed by atoms with van der Waals surface area (Å²) in [7, 11) is 1.65. The lowest BCUT2D eigenvalue weighted by Crippen LogP contribution is -2.48. The Balaban J connectivity index is 1.92. The Morgan fingerprint density at radius 2 is 2.04 bits per heavy atom. The van der Waals surface area contributed by atoms with Gasteiger partial charge < -0.3 is 20.3 Å². The third-order valence-electron chi connectivity index (χ3n) is 4.76. The number of hydrogen-bond acceptors (Lipinski definition) is 5. The summed E-state index contributed by atoms with van der Waals surface area (Å²) >= 11 is 1.50. The van der Waals surface area contributed by atoms with Crippen molar-refractivity contribution in [1.29, 1.82) is 0 Å². The zero-order chi connectivity index (χ0) is 20.1. The van der Waals surface area contributed by atoms with Gasteiger partial charge in [-0.25, -0.2) is 0 Å². The Bertz CT molecular complexity index is 872. The van der Waals surface area contributed by atoms with Gasteiger partial charge >= 0.3 is 0 Å².